The molecule has 6 heteroatoms. The van der Waals surface area contributed by atoms with Gasteiger partial charge in [0.15, 0.2) is 5.78 Å². The predicted octanol–water partition coefficient (Wildman–Crippen LogP) is 3.05. The van der Waals surface area contributed by atoms with E-state index in [0.717, 1.165) is 0 Å². The van der Waals surface area contributed by atoms with Gasteiger partial charge < -0.3 is 0 Å². The Kier molecular flexibility index (Phi) is 3.95. The van der Waals surface area contributed by atoms with Gasteiger partial charge in [0.25, 0.3) is 0 Å². The molecule has 0 aliphatic heterocycles. The summed E-state index contributed by atoms with van der Waals surface area (Å²) in [5.74, 6) is -0.0849. The Bertz CT molecular complexity index is 421. The molecule has 1 aromatic rings. The van der Waals surface area contributed by atoms with Crippen molar-refractivity contribution in [3.63, 3.8) is 0 Å². The van der Waals surface area contributed by atoms with Gasteiger partial charge in [-0.2, -0.15) is 18.3 Å². The maximum atomic E-state index is 12.1. The van der Waals surface area contributed by atoms with Crippen LogP contribution in [0.4, 0.5) is 13.2 Å². The van der Waals surface area contributed by atoms with Crippen molar-refractivity contribution in [1.82, 2.24) is 9.78 Å². The first kappa shape index (κ1) is 13.7. The maximum absolute atomic E-state index is 12.1. The van der Waals surface area contributed by atoms with Crippen molar-refractivity contribution in [1.29, 1.82) is 0 Å². The number of carbonyl (C=O) groups is 1. The molecule has 0 spiro atoms. The lowest BCUT2D eigenvalue weighted by Gasteiger charge is -2.07. The van der Waals surface area contributed by atoms with Crippen molar-refractivity contribution in [2.75, 3.05) is 0 Å². The van der Waals surface area contributed by atoms with Gasteiger partial charge in [-0.05, 0) is 13.8 Å². The summed E-state index contributed by atoms with van der Waals surface area (Å²) in [6, 6.07) is 0. The highest BCUT2D eigenvalue weighted by Gasteiger charge is 2.28. The summed E-state index contributed by atoms with van der Waals surface area (Å²) in [5.41, 5.74) is 1.46. The lowest BCUT2D eigenvalue weighted by Crippen LogP contribution is -2.14. The molecule has 0 radical (unpaired) electrons. The largest absolute Gasteiger partial charge is 0.390 e. The van der Waals surface area contributed by atoms with E-state index < -0.39 is 12.6 Å². The molecule has 0 bridgehead atoms. The number of alkyl halides is 3. The van der Waals surface area contributed by atoms with Crippen LogP contribution in [0.15, 0.2) is 0 Å². The van der Waals surface area contributed by atoms with Crippen LogP contribution < -0.4 is 0 Å². The summed E-state index contributed by atoms with van der Waals surface area (Å²) >= 11 is 0. The van der Waals surface area contributed by atoms with Crippen LogP contribution in [0.25, 0.3) is 0 Å². The van der Waals surface area contributed by atoms with Crippen LogP contribution in [0.3, 0.4) is 0 Å². The van der Waals surface area contributed by atoms with Crippen LogP contribution >= 0.6 is 0 Å². The second-order valence-electron chi connectivity index (χ2n) is 3.91. The number of halogens is 3. The minimum absolute atomic E-state index is 0.0849. The fourth-order valence-electron chi connectivity index (χ4n) is 1.73. The molecule has 0 atom stereocenters. The number of rotatable bonds is 4. The van der Waals surface area contributed by atoms with E-state index >= 15 is 0 Å². The second-order valence-corrected chi connectivity index (χ2v) is 3.91. The van der Waals surface area contributed by atoms with Crippen LogP contribution in [0, 0.1) is 13.8 Å². The van der Waals surface area contributed by atoms with Gasteiger partial charge in [-0.3, -0.25) is 9.48 Å². The van der Waals surface area contributed by atoms with E-state index in [1.807, 2.05) is 0 Å². The molecule has 1 heterocycles. The quantitative estimate of drug-likeness (QED) is 0.767. The second kappa shape index (κ2) is 4.89. The highest BCUT2D eigenvalue weighted by molar-refractivity contribution is 5.97. The molecule has 0 unspecified atom stereocenters. The van der Waals surface area contributed by atoms with Crippen LogP contribution in [0.2, 0.25) is 0 Å². The number of aryl methyl sites for hydroxylation is 2. The molecule has 0 aliphatic rings. The van der Waals surface area contributed by atoms with Crippen molar-refractivity contribution in [2.45, 2.75) is 46.3 Å². The Balaban J connectivity index is 2.93. The molecular weight excluding hydrogens is 233 g/mol. The molecule has 0 N–H and O–H groups in total. The van der Waals surface area contributed by atoms with Gasteiger partial charge in [-0.25, -0.2) is 0 Å². The summed E-state index contributed by atoms with van der Waals surface area (Å²) < 4.78 is 37.5. The van der Waals surface area contributed by atoms with Crippen molar-refractivity contribution in [3.05, 3.63) is 17.0 Å². The van der Waals surface area contributed by atoms with Crippen LogP contribution in [0.1, 0.15) is 41.5 Å². The average molecular weight is 248 g/mol. The predicted molar refractivity (Wildman–Crippen MR) is 57.0 cm³/mol. The van der Waals surface area contributed by atoms with Crippen molar-refractivity contribution in [3.8, 4) is 0 Å². The van der Waals surface area contributed by atoms with Gasteiger partial charge >= 0.3 is 6.18 Å². The van der Waals surface area contributed by atoms with Crippen molar-refractivity contribution in [2.24, 2.45) is 0 Å². The summed E-state index contributed by atoms with van der Waals surface area (Å²) in [7, 11) is 0. The fourth-order valence-corrected chi connectivity index (χ4v) is 1.73. The number of hydrogen-bond donors (Lipinski definition) is 0. The number of carbonyl (C=O) groups excluding carboxylic acids is 1. The monoisotopic (exact) mass is 248 g/mol. The lowest BCUT2D eigenvalue weighted by atomic mass is 10.1. The zero-order chi connectivity index (χ0) is 13.2. The normalized spacial score (nSPS) is 11.9. The summed E-state index contributed by atoms with van der Waals surface area (Å²) in [4.78, 5) is 11.6. The van der Waals surface area contributed by atoms with E-state index in [4.69, 9.17) is 0 Å². The van der Waals surface area contributed by atoms with Crippen molar-refractivity contribution < 1.29 is 18.0 Å². The van der Waals surface area contributed by atoms with Crippen molar-refractivity contribution >= 4 is 5.78 Å². The van der Waals surface area contributed by atoms with Crippen LogP contribution in [0.5, 0.6) is 0 Å². The number of Topliss-reactive ketones (excluding diaryl/α,β-unsaturated/α-hetero) is 1. The topological polar surface area (TPSA) is 34.9 Å². The lowest BCUT2D eigenvalue weighted by molar-refractivity contribution is -0.137. The molecule has 0 saturated carbocycles. The van der Waals surface area contributed by atoms with Gasteiger partial charge in [0, 0.05) is 18.7 Å². The Morgan fingerprint density at radius 2 is 1.94 bits per heavy atom. The third-order valence-corrected chi connectivity index (χ3v) is 2.59. The smallest absolute Gasteiger partial charge is 0.294 e. The number of hydrogen-bond acceptors (Lipinski definition) is 2. The third-order valence-electron chi connectivity index (χ3n) is 2.59. The van der Waals surface area contributed by atoms with Crippen LogP contribution in [-0.2, 0) is 6.54 Å². The van der Waals surface area contributed by atoms with Gasteiger partial charge in [0.2, 0.25) is 0 Å². The number of aromatic nitrogens is 2. The van der Waals surface area contributed by atoms with Gasteiger partial charge in [-0.15, -0.1) is 0 Å². The Labute approximate surface area is 97.6 Å². The number of nitrogens with zero attached hydrogens (tertiary/aromatic N) is 2. The minimum atomic E-state index is -4.21. The summed E-state index contributed by atoms with van der Waals surface area (Å²) in [5, 5.41) is 3.98. The fraction of sp³-hybridized carbons (Fsp3) is 0.636. The summed E-state index contributed by atoms with van der Waals surface area (Å²) in [6.07, 6.45) is -4.82. The standard InChI is InChI=1S/C11H15F3N2O/c1-4-9(17)10-7(2)15-16(8(10)3)6-5-11(12,13)14/h4-6H2,1-3H3. The van der Waals surface area contributed by atoms with E-state index in [1.54, 1.807) is 20.8 Å². The molecule has 0 aromatic carbocycles. The molecule has 0 fully saturated rings. The Morgan fingerprint density at radius 3 is 2.41 bits per heavy atom. The van der Waals surface area contributed by atoms with Gasteiger partial charge in [-0.1, -0.05) is 6.92 Å². The third kappa shape index (κ3) is 3.31. The zero-order valence-corrected chi connectivity index (χ0v) is 10.1. The molecule has 3 nitrogen and oxygen atoms in total. The van der Waals surface area contributed by atoms with E-state index in [1.165, 1.54) is 4.68 Å². The average Bonchev–Trinajstić information content (AvgIpc) is 2.49. The molecular formula is C11H15F3N2O. The van der Waals surface area contributed by atoms with E-state index in [2.05, 4.69) is 5.10 Å². The van der Waals surface area contributed by atoms with Gasteiger partial charge in [0.05, 0.1) is 17.7 Å². The number of ketones is 1. The van der Waals surface area contributed by atoms with E-state index in [-0.39, 0.29) is 12.3 Å². The van der Waals surface area contributed by atoms with Gasteiger partial charge in [0.1, 0.15) is 0 Å². The molecule has 17 heavy (non-hydrogen) atoms. The molecule has 0 aliphatic carbocycles. The van der Waals surface area contributed by atoms with Crippen LogP contribution in [-0.4, -0.2) is 21.7 Å². The molecule has 0 amide bonds. The van der Waals surface area contributed by atoms with E-state index in [9.17, 15) is 18.0 Å². The van der Waals surface area contributed by atoms with E-state index in [0.29, 0.717) is 23.4 Å². The highest BCUT2D eigenvalue weighted by atomic mass is 19.4. The molecule has 96 valence electrons. The highest BCUT2D eigenvalue weighted by Crippen LogP contribution is 2.22. The minimum Gasteiger partial charge on any atom is -0.294 e. The Hall–Kier alpha value is -1.33. The first-order valence-corrected chi connectivity index (χ1v) is 5.40. The SMILES string of the molecule is CCC(=O)c1c(C)nn(CCC(F)(F)F)c1C. The first-order chi connectivity index (χ1) is 7.76. The molecule has 1 rings (SSSR count). The molecule has 1 aromatic heterocycles. The summed E-state index contributed by atoms with van der Waals surface area (Å²) in [6.45, 7) is 4.74. The first-order valence-electron chi connectivity index (χ1n) is 5.40. The Morgan fingerprint density at radius 1 is 1.35 bits per heavy atom. The molecule has 0 saturated heterocycles. The zero-order valence-electron chi connectivity index (χ0n) is 10.1. The maximum Gasteiger partial charge on any atom is 0.390 e.